The van der Waals surface area contributed by atoms with Crippen molar-refractivity contribution in [2.75, 3.05) is 0 Å². The average molecular weight is 310 g/mol. The van der Waals surface area contributed by atoms with Gasteiger partial charge in [0.1, 0.15) is 5.82 Å². The first kappa shape index (κ1) is 14.7. The van der Waals surface area contributed by atoms with Gasteiger partial charge in [0.15, 0.2) is 4.32 Å². The number of hydrogen-bond acceptors (Lipinski definition) is 4. The van der Waals surface area contributed by atoms with Gasteiger partial charge in [-0.15, -0.1) is 0 Å². The Morgan fingerprint density at radius 1 is 1.55 bits per heavy atom. The molecule has 1 N–H and O–H groups in total. The summed E-state index contributed by atoms with van der Waals surface area (Å²) in [6.07, 6.45) is 1.79. The first-order valence-corrected chi connectivity index (χ1v) is 7.06. The van der Waals surface area contributed by atoms with E-state index in [1.165, 1.54) is 12.1 Å². The van der Waals surface area contributed by atoms with Gasteiger partial charge in [-0.25, -0.2) is 4.39 Å². The fraction of sp³-hybridized carbons (Fsp3) is 0.154. The molecule has 7 heteroatoms. The van der Waals surface area contributed by atoms with E-state index in [1.54, 1.807) is 25.1 Å². The molecule has 2 rings (SSSR count). The molecule has 1 saturated heterocycles. The Bertz CT molecular complexity index is 616. The zero-order chi connectivity index (χ0) is 14.7. The molecule has 0 radical (unpaired) electrons. The predicted octanol–water partition coefficient (Wildman–Crippen LogP) is 2.47. The fourth-order valence-corrected chi connectivity index (χ4v) is 2.70. The van der Waals surface area contributed by atoms with E-state index >= 15 is 0 Å². The lowest BCUT2D eigenvalue weighted by atomic mass is 10.2. The van der Waals surface area contributed by atoms with Crippen molar-refractivity contribution in [1.82, 2.24) is 10.4 Å². The van der Waals surface area contributed by atoms with Crippen LogP contribution in [0.2, 0.25) is 0 Å². The molecule has 1 aliphatic heterocycles. The van der Waals surface area contributed by atoms with E-state index in [1.807, 2.05) is 0 Å². The molecule has 1 aliphatic rings. The number of nitrogens with zero attached hydrogens (tertiary/aromatic N) is 1. The number of hydrogen-bond donors (Lipinski definition) is 1. The molecule has 1 fully saturated rings. The molecular formula is C13H11FN2O2S2. The summed E-state index contributed by atoms with van der Waals surface area (Å²) in [6.45, 7) is 1.68. The Balaban J connectivity index is 2.21. The van der Waals surface area contributed by atoms with Crippen LogP contribution >= 0.6 is 24.0 Å². The fourth-order valence-electron chi connectivity index (χ4n) is 1.52. The first-order chi connectivity index (χ1) is 9.51. The summed E-state index contributed by atoms with van der Waals surface area (Å²) in [5, 5.41) is 1.04. The molecule has 0 unspecified atom stereocenters. The molecule has 2 amide bonds. The van der Waals surface area contributed by atoms with E-state index in [0.29, 0.717) is 10.5 Å². The van der Waals surface area contributed by atoms with Crippen LogP contribution in [0.3, 0.4) is 0 Å². The van der Waals surface area contributed by atoms with Gasteiger partial charge in [-0.05, 0) is 36.0 Å². The number of carbonyl (C=O) groups is 2. The van der Waals surface area contributed by atoms with Crippen LogP contribution in [0.5, 0.6) is 0 Å². The van der Waals surface area contributed by atoms with Crippen LogP contribution in [0.25, 0.3) is 6.08 Å². The Labute approximate surface area is 125 Å². The van der Waals surface area contributed by atoms with Gasteiger partial charge in [0.05, 0.1) is 4.91 Å². The van der Waals surface area contributed by atoms with Crippen molar-refractivity contribution in [1.29, 1.82) is 0 Å². The monoisotopic (exact) mass is 310 g/mol. The Morgan fingerprint density at radius 3 is 2.95 bits per heavy atom. The molecule has 4 nitrogen and oxygen atoms in total. The largest absolute Gasteiger partial charge is 0.285 e. The molecule has 0 atom stereocenters. The maximum Gasteiger partial charge on any atom is 0.285 e. The third kappa shape index (κ3) is 3.23. The van der Waals surface area contributed by atoms with Crippen LogP contribution in [0, 0.1) is 5.82 Å². The number of rotatable bonds is 3. The topological polar surface area (TPSA) is 49.4 Å². The number of halogens is 1. The second-order valence-electron chi connectivity index (χ2n) is 3.96. The average Bonchev–Trinajstić information content (AvgIpc) is 2.66. The number of benzene rings is 1. The Hall–Kier alpha value is -1.73. The van der Waals surface area contributed by atoms with Gasteiger partial charge in [-0.2, -0.15) is 5.01 Å². The summed E-state index contributed by atoms with van der Waals surface area (Å²) in [5.74, 6) is -1.09. The molecule has 0 bridgehead atoms. The number of thiocarbonyl (C=S) groups is 1. The van der Waals surface area contributed by atoms with Gasteiger partial charge in [0.2, 0.25) is 5.91 Å². The number of nitrogens with one attached hydrogen (secondary N) is 1. The summed E-state index contributed by atoms with van der Waals surface area (Å²) in [4.78, 5) is 23.8. The Kier molecular flexibility index (Phi) is 4.51. The number of hydrazine groups is 1. The van der Waals surface area contributed by atoms with Crippen molar-refractivity contribution in [2.24, 2.45) is 0 Å². The van der Waals surface area contributed by atoms with Crippen molar-refractivity contribution in [3.63, 3.8) is 0 Å². The maximum absolute atomic E-state index is 13.1. The van der Waals surface area contributed by atoms with Crippen LogP contribution in [0.1, 0.15) is 18.9 Å². The molecule has 0 aliphatic carbocycles. The normalized spacial score (nSPS) is 16.9. The molecule has 20 heavy (non-hydrogen) atoms. The van der Waals surface area contributed by atoms with Crippen molar-refractivity contribution in [2.45, 2.75) is 13.3 Å². The summed E-state index contributed by atoms with van der Waals surface area (Å²) < 4.78 is 13.3. The molecule has 0 aromatic heterocycles. The van der Waals surface area contributed by atoms with Crippen molar-refractivity contribution in [3.05, 3.63) is 40.6 Å². The van der Waals surface area contributed by atoms with E-state index in [4.69, 9.17) is 12.2 Å². The zero-order valence-corrected chi connectivity index (χ0v) is 12.2. The summed E-state index contributed by atoms with van der Waals surface area (Å²) in [7, 11) is 0. The minimum Gasteiger partial charge on any atom is -0.273 e. The number of thioether (sulfide) groups is 1. The highest BCUT2D eigenvalue weighted by Gasteiger charge is 2.33. The van der Waals surface area contributed by atoms with Crippen molar-refractivity contribution < 1.29 is 14.0 Å². The minimum atomic E-state index is -0.411. The minimum absolute atomic E-state index is 0.249. The van der Waals surface area contributed by atoms with E-state index in [9.17, 15) is 14.0 Å². The second kappa shape index (κ2) is 6.15. The Morgan fingerprint density at radius 2 is 2.30 bits per heavy atom. The van der Waals surface area contributed by atoms with Gasteiger partial charge in [-0.3, -0.25) is 15.0 Å². The summed E-state index contributed by atoms with van der Waals surface area (Å²) in [5.41, 5.74) is 2.99. The molecule has 104 valence electrons. The molecule has 0 saturated carbocycles. The van der Waals surface area contributed by atoms with Crippen LogP contribution in [0.4, 0.5) is 4.39 Å². The van der Waals surface area contributed by atoms with Crippen molar-refractivity contribution in [3.8, 4) is 0 Å². The van der Waals surface area contributed by atoms with Crippen molar-refractivity contribution >= 4 is 46.2 Å². The second-order valence-corrected chi connectivity index (χ2v) is 5.64. The van der Waals surface area contributed by atoms with E-state index in [2.05, 4.69) is 5.43 Å². The van der Waals surface area contributed by atoms with E-state index < -0.39 is 5.91 Å². The summed E-state index contributed by atoms with van der Waals surface area (Å²) in [6, 6.07) is 5.88. The molecule has 1 aromatic carbocycles. The summed E-state index contributed by atoms with van der Waals surface area (Å²) >= 11 is 6.11. The lowest BCUT2D eigenvalue weighted by Crippen LogP contribution is -2.44. The number of amides is 2. The lowest BCUT2D eigenvalue weighted by molar-refractivity contribution is -0.132. The number of carbonyl (C=O) groups excluding carboxylic acids is 2. The van der Waals surface area contributed by atoms with Crippen LogP contribution in [-0.4, -0.2) is 21.1 Å². The van der Waals surface area contributed by atoms with Crippen LogP contribution in [-0.2, 0) is 9.59 Å². The van der Waals surface area contributed by atoms with Gasteiger partial charge in [0.25, 0.3) is 5.91 Å². The van der Waals surface area contributed by atoms with Gasteiger partial charge in [-0.1, -0.05) is 30.8 Å². The van der Waals surface area contributed by atoms with E-state index in [-0.39, 0.29) is 22.5 Å². The highest BCUT2D eigenvalue weighted by Crippen LogP contribution is 2.31. The van der Waals surface area contributed by atoms with Gasteiger partial charge >= 0.3 is 0 Å². The molecule has 0 spiro atoms. The highest BCUT2D eigenvalue weighted by molar-refractivity contribution is 8.26. The SMILES string of the molecule is CCC(=O)NN1C(=O)/C(=C\c2cccc(F)c2)SC1=S. The zero-order valence-electron chi connectivity index (χ0n) is 10.6. The standard InChI is InChI=1S/C13H11FN2O2S2/c1-2-11(17)15-16-12(18)10(20-13(16)19)7-8-4-3-5-9(14)6-8/h3-7H,2H2,1H3,(H,15,17)/b10-7+. The highest BCUT2D eigenvalue weighted by atomic mass is 32.2. The smallest absolute Gasteiger partial charge is 0.273 e. The van der Waals surface area contributed by atoms with Gasteiger partial charge < -0.3 is 0 Å². The van der Waals surface area contributed by atoms with Gasteiger partial charge in [0, 0.05) is 6.42 Å². The van der Waals surface area contributed by atoms with Crippen LogP contribution in [0.15, 0.2) is 29.2 Å². The van der Waals surface area contributed by atoms with Crippen LogP contribution < -0.4 is 5.43 Å². The molecule has 1 aromatic rings. The predicted molar refractivity (Wildman–Crippen MR) is 79.8 cm³/mol. The maximum atomic E-state index is 13.1. The first-order valence-electron chi connectivity index (χ1n) is 5.84. The lowest BCUT2D eigenvalue weighted by Gasteiger charge is -2.14. The van der Waals surface area contributed by atoms with E-state index in [0.717, 1.165) is 16.8 Å². The molecular weight excluding hydrogens is 299 g/mol. The molecule has 1 heterocycles. The third-order valence-electron chi connectivity index (χ3n) is 2.50. The quantitative estimate of drug-likeness (QED) is 0.688. The third-order valence-corrected chi connectivity index (χ3v) is 3.80.